The zero-order valence-electron chi connectivity index (χ0n) is 15.8. The van der Waals surface area contributed by atoms with E-state index in [9.17, 15) is 8.42 Å². The molecule has 0 saturated carbocycles. The van der Waals surface area contributed by atoms with E-state index in [1.807, 2.05) is 36.4 Å². The summed E-state index contributed by atoms with van der Waals surface area (Å²) in [4.78, 5) is 4.87. The Morgan fingerprint density at radius 2 is 1.80 bits per heavy atom. The van der Waals surface area contributed by atoms with Gasteiger partial charge in [-0.3, -0.25) is 0 Å². The highest BCUT2D eigenvalue weighted by molar-refractivity contribution is 9.10. The molecule has 0 bridgehead atoms. The molecule has 4 N–H and O–H groups in total. The van der Waals surface area contributed by atoms with Crippen LogP contribution in [0, 0.1) is 0 Å². The van der Waals surface area contributed by atoms with Crippen molar-refractivity contribution in [1.29, 1.82) is 0 Å². The lowest BCUT2D eigenvalue weighted by atomic mass is 10.1. The molecule has 154 valence electrons. The number of anilines is 2. The third-order valence-electron chi connectivity index (χ3n) is 4.37. The molecule has 0 aliphatic rings. The molecule has 2 aromatic carbocycles. The van der Waals surface area contributed by atoms with Gasteiger partial charge in [0.1, 0.15) is 5.82 Å². The summed E-state index contributed by atoms with van der Waals surface area (Å²) in [6, 6.07) is 18.2. The van der Waals surface area contributed by atoms with E-state index in [0.717, 1.165) is 15.7 Å². The lowest BCUT2D eigenvalue weighted by molar-refractivity contribution is 0.582. The van der Waals surface area contributed by atoms with Crippen molar-refractivity contribution < 1.29 is 8.42 Å². The first-order valence-electron chi connectivity index (χ1n) is 9.14. The molecule has 0 aliphatic heterocycles. The van der Waals surface area contributed by atoms with Crippen molar-refractivity contribution in [2.24, 2.45) is 5.73 Å². The molecule has 0 spiro atoms. The largest absolute Gasteiger partial charge is 0.340 e. The van der Waals surface area contributed by atoms with Crippen LogP contribution in [-0.4, -0.2) is 36.1 Å². The van der Waals surface area contributed by atoms with Crippen molar-refractivity contribution in [1.82, 2.24) is 19.3 Å². The summed E-state index contributed by atoms with van der Waals surface area (Å²) in [5, 5.41) is 7.66. The van der Waals surface area contributed by atoms with Gasteiger partial charge in [-0.1, -0.05) is 30.3 Å². The third-order valence-corrected chi connectivity index (χ3v) is 6.41. The molecular formula is C20H19BrN6O2S. The van der Waals surface area contributed by atoms with Crippen LogP contribution in [0.15, 0.2) is 76.2 Å². The molecule has 2 heterocycles. The highest BCUT2D eigenvalue weighted by Gasteiger charge is 2.14. The minimum atomic E-state index is -3.58. The molecule has 30 heavy (non-hydrogen) atoms. The van der Waals surface area contributed by atoms with Gasteiger partial charge in [0.15, 0.2) is 5.65 Å². The number of hydrogen-bond acceptors (Lipinski definition) is 6. The Bertz CT molecular complexity index is 1270. The van der Waals surface area contributed by atoms with Crippen LogP contribution in [-0.2, 0) is 10.0 Å². The first kappa shape index (κ1) is 20.5. The van der Waals surface area contributed by atoms with Crippen LogP contribution in [0.5, 0.6) is 0 Å². The van der Waals surface area contributed by atoms with E-state index in [2.05, 4.69) is 31.1 Å². The summed E-state index contributed by atoms with van der Waals surface area (Å²) in [6.07, 6.45) is 1.68. The van der Waals surface area contributed by atoms with Gasteiger partial charge in [0.25, 0.3) is 0 Å². The van der Waals surface area contributed by atoms with Crippen LogP contribution in [0.4, 0.5) is 11.5 Å². The first-order valence-corrected chi connectivity index (χ1v) is 11.4. The Morgan fingerprint density at radius 1 is 1.07 bits per heavy atom. The van der Waals surface area contributed by atoms with E-state index in [1.54, 1.807) is 22.8 Å². The van der Waals surface area contributed by atoms with E-state index in [1.165, 1.54) is 12.1 Å². The third kappa shape index (κ3) is 4.21. The molecule has 4 aromatic rings. The van der Waals surface area contributed by atoms with Crippen molar-refractivity contribution in [2.75, 3.05) is 18.4 Å². The maximum absolute atomic E-state index is 12.2. The van der Waals surface area contributed by atoms with Crippen LogP contribution in [0.1, 0.15) is 0 Å². The van der Waals surface area contributed by atoms with E-state index in [0.29, 0.717) is 17.2 Å². The van der Waals surface area contributed by atoms with Gasteiger partial charge in [0.05, 0.1) is 21.3 Å². The number of nitrogens with one attached hydrogen (secondary N) is 2. The normalized spacial score (nSPS) is 11.7. The predicted octanol–water partition coefficient (Wildman–Crippen LogP) is 3.14. The number of aromatic nitrogens is 3. The van der Waals surface area contributed by atoms with Gasteiger partial charge in [0, 0.05) is 30.4 Å². The van der Waals surface area contributed by atoms with Gasteiger partial charge < -0.3 is 11.1 Å². The number of nitrogens with two attached hydrogens (primary N) is 1. The van der Waals surface area contributed by atoms with Crippen molar-refractivity contribution >= 4 is 43.1 Å². The number of halogens is 1. The second kappa shape index (κ2) is 8.52. The molecule has 4 rings (SSSR count). The molecule has 2 aromatic heterocycles. The Morgan fingerprint density at radius 3 is 2.50 bits per heavy atom. The molecule has 8 nitrogen and oxygen atoms in total. The summed E-state index contributed by atoms with van der Waals surface area (Å²) in [6.45, 7) is 0.424. The number of nitrogens with zero attached hydrogens (tertiary/aromatic N) is 3. The average molecular weight is 487 g/mol. The Balaban J connectivity index is 1.68. The van der Waals surface area contributed by atoms with Gasteiger partial charge in [-0.25, -0.2) is 18.1 Å². The summed E-state index contributed by atoms with van der Waals surface area (Å²) >= 11 is 3.49. The Kier molecular flexibility index (Phi) is 5.82. The zero-order valence-corrected chi connectivity index (χ0v) is 18.2. The maximum Gasteiger partial charge on any atom is 0.240 e. The molecular weight excluding hydrogens is 468 g/mol. The fourth-order valence-corrected chi connectivity index (χ4v) is 4.32. The number of benzene rings is 2. The molecule has 0 unspecified atom stereocenters. The van der Waals surface area contributed by atoms with Crippen LogP contribution >= 0.6 is 15.9 Å². The monoisotopic (exact) mass is 486 g/mol. The second-order valence-corrected chi connectivity index (χ2v) is 9.08. The van der Waals surface area contributed by atoms with E-state index in [4.69, 9.17) is 10.7 Å². The van der Waals surface area contributed by atoms with Crippen molar-refractivity contribution in [3.05, 3.63) is 71.3 Å². The Labute approximate surface area is 182 Å². The summed E-state index contributed by atoms with van der Waals surface area (Å²) in [5.74, 6) is 0.696. The predicted molar refractivity (Wildman–Crippen MR) is 120 cm³/mol. The quantitative estimate of drug-likeness (QED) is 0.369. The van der Waals surface area contributed by atoms with Gasteiger partial charge in [-0.05, 0) is 40.2 Å². The summed E-state index contributed by atoms with van der Waals surface area (Å²) < 4.78 is 29.4. The van der Waals surface area contributed by atoms with Crippen LogP contribution in [0.3, 0.4) is 0 Å². The number of rotatable bonds is 7. The van der Waals surface area contributed by atoms with Crippen molar-refractivity contribution in [3.63, 3.8) is 0 Å². The lowest BCUT2D eigenvalue weighted by Gasteiger charge is -2.12. The fourth-order valence-electron chi connectivity index (χ4n) is 2.92. The Hall–Kier alpha value is -2.79. The SMILES string of the molecule is NCCNS(=O)(=O)c1ccc(Nc2cc(-c3ccccc3)nc3c(Br)cnn23)cc1. The highest BCUT2D eigenvalue weighted by Crippen LogP contribution is 2.27. The van der Waals surface area contributed by atoms with Crippen molar-refractivity contribution in [2.45, 2.75) is 4.90 Å². The molecule has 0 atom stereocenters. The molecule has 0 fully saturated rings. The molecule has 0 saturated heterocycles. The van der Waals surface area contributed by atoms with Gasteiger partial charge in [-0.2, -0.15) is 9.61 Å². The standard InChI is InChI=1S/C20H19BrN6O2S/c21-17-13-23-27-19(12-18(26-20(17)27)14-4-2-1-3-5-14)25-15-6-8-16(9-7-15)30(28,29)24-11-10-22/h1-9,12-13,24-25H,10-11,22H2. The molecule has 0 aliphatic carbocycles. The summed E-state index contributed by atoms with van der Waals surface area (Å²) in [5.41, 5.74) is 8.52. The average Bonchev–Trinajstić information content (AvgIpc) is 3.14. The smallest absolute Gasteiger partial charge is 0.240 e. The van der Waals surface area contributed by atoms with Crippen LogP contribution in [0.25, 0.3) is 16.9 Å². The number of hydrogen-bond donors (Lipinski definition) is 3. The minimum Gasteiger partial charge on any atom is -0.340 e. The summed E-state index contributed by atoms with van der Waals surface area (Å²) in [7, 11) is -3.58. The molecule has 0 radical (unpaired) electrons. The van der Waals surface area contributed by atoms with E-state index >= 15 is 0 Å². The topological polar surface area (TPSA) is 114 Å². The number of sulfonamides is 1. The van der Waals surface area contributed by atoms with E-state index < -0.39 is 10.0 Å². The maximum atomic E-state index is 12.2. The van der Waals surface area contributed by atoms with Crippen LogP contribution < -0.4 is 15.8 Å². The van der Waals surface area contributed by atoms with Crippen LogP contribution in [0.2, 0.25) is 0 Å². The highest BCUT2D eigenvalue weighted by atomic mass is 79.9. The molecule has 10 heteroatoms. The second-order valence-electron chi connectivity index (χ2n) is 6.46. The van der Waals surface area contributed by atoms with Gasteiger partial charge in [-0.15, -0.1) is 0 Å². The van der Waals surface area contributed by atoms with Gasteiger partial charge in [0.2, 0.25) is 10.0 Å². The van der Waals surface area contributed by atoms with Gasteiger partial charge >= 0.3 is 0 Å². The minimum absolute atomic E-state index is 0.174. The molecule has 0 amide bonds. The fraction of sp³-hybridized carbons (Fsp3) is 0.100. The number of fused-ring (bicyclic) bond motifs is 1. The van der Waals surface area contributed by atoms with E-state index in [-0.39, 0.29) is 18.0 Å². The first-order chi connectivity index (χ1) is 14.5. The van der Waals surface area contributed by atoms with Crippen molar-refractivity contribution in [3.8, 4) is 11.3 Å². The zero-order chi connectivity index (χ0) is 21.1. The lowest BCUT2D eigenvalue weighted by Crippen LogP contribution is -2.29.